The molecule has 0 bridgehead atoms. The third kappa shape index (κ3) is 6.17. The van der Waals surface area contributed by atoms with E-state index in [0.29, 0.717) is 11.4 Å². The zero-order valence-corrected chi connectivity index (χ0v) is 18.1. The third-order valence-corrected chi connectivity index (χ3v) is 4.35. The highest BCUT2D eigenvalue weighted by Crippen LogP contribution is 2.29. The molecule has 1 aromatic carbocycles. The molecule has 32 heavy (non-hydrogen) atoms. The van der Waals surface area contributed by atoms with Crippen molar-refractivity contribution >= 4 is 11.6 Å². The number of hydrogen-bond acceptors (Lipinski definition) is 7. The molecular formula is C21H24F3N5O3. The lowest BCUT2D eigenvalue weighted by Gasteiger charge is -2.19. The predicted octanol–water partition coefficient (Wildman–Crippen LogP) is 4.03. The van der Waals surface area contributed by atoms with Crippen molar-refractivity contribution in [2.75, 3.05) is 19.0 Å². The second-order valence-corrected chi connectivity index (χ2v) is 7.67. The van der Waals surface area contributed by atoms with Crippen LogP contribution in [0.25, 0.3) is 5.69 Å². The van der Waals surface area contributed by atoms with Gasteiger partial charge < -0.3 is 24.5 Å². The topological polar surface area (TPSA) is 94.3 Å². The van der Waals surface area contributed by atoms with E-state index in [1.54, 1.807) is 18.5 Å². The van der Waals surface area contributed by atoms with Crippen LogP contribution in [0.4, 0.5) is 24.8 Å². The minimum absolute atomic E-state index is 0.100. The molecule has 0 atom stereocenters. The number of benzene rings is 1. The summed E-state index contributed by atoms with van der Waals surface area (Å²) in [5.41, 5.74) is 1.30. The Bertz CT molecular complexity index is 1080. The van der Waals surface area contributed by atoms with Crippen LogP contribution in [0.15, 0.2) is 36.8 Å². The van der Waals surface area contributed by atoms with E-state index in [1.807, 2.05) is 23.8 Å². The van der Waals surface area contributed by atoms with E-state index in [1.165, 1.54) is 27.0 Å². The maximum Gasteiger partial charge on any atom is 0.411 e. The Morgan fingerprint density at radius 1 is 1.16 bits per heavy atom. The first-order chi connectivity index (χ1) is 14.9. The number of anilines is 2. The lowest BCUT2D eigenvalue weighted by atomic mass is 10.0. The number of hydrogen-bond donors (Lipinski definition) is 2. The van der Waals surface area contributed by atoms with Crippen LogP contribution in [0.1, 0.15) is 30.9 Å². The SMILES string of the molecule is COc1cc(Nc2nc(COCC(F)(F)F)cc(C(C)(C)O)n2)ccc1-n1cnc(C)c1. The van der Waals surface area contributed by atoms with E-state index in [-0.39, 0.29) is 23.9 Å². The molecule has 3 aromatic rings. The summed E-state index contributed by atoms with van der Waals surface area (Å²) in [6, 6.07) is 6.72. The summed E-state index contributed by atoms with van der Waals surface area (Å²) in [4.78, 5) is 12.7. The Kier molecular flexibility index (Phi) is 6.70. The molecule has 0 radical (unpaired) electrons. The minimum atomic E-state index is -4.45. The maximum atomic E-state index is 12.4. The van der Waals surface area contributed by atoms with Crippen molar-refractivity contribution in [2.24, 2.45) is 0 Å². The van der Waals surface area contributed by atoms with Gasteiger partial charge in [0.15, 0.2) is 0 Å². The van der Waals surface area contributed by atoms with Crippen LogP contribution in [-0.2, 0) is 16.9 Å². The number of methoxy groups -OCH3 is 1. The molecule has 0 aliphatic heterocycles. The van der Waals surface area contributed by atoms with Crippen LogP contribution in [0.2, 0.25) is 0 Å². The first-order valence-electron chi connectivity index (χ1n) is 9.66. The van der Waals surface area contributed by atoms with Crippen molar-refractivity contribution in [3.63, 3.8) is 0 Å². The van der Waals surface area contributed by atoms with Gasteiger partial charge in [0.1, 0.15) is 18.0 Å². The number of halogens is 3. The Morgan fingerprint density at radius 2 is 1.91 bits per heavy atom. The lowest BCUT2D eigenvalue weighted by molar-refractivity contribution is -0.176. The smallest absolute Gasteiger partial charge is 0.411 e. The van der Waals surface area contributed by atoms with E-state index in [0.717, 1.165) is 11.4 Å². The number of rotatable bonds is 8. The number of aliphatic hydroxyl groups is 1. The van der Waals surface area contributed by atoms with Gasteiger partial charge >= 0.3 is 6.18 Å². The monoisotopic (exact) mass is 451 g/mol. The third-order valence-electron chi connectivity index (χ3n) is 4.35. The lowest BCUT2D eigenvalue weighted by Crippen LogP contribution is -2.20. The van der Waals surface area contributed by atoms with Crippen LogP contribution in [0.5, 0.6) is 5.75 Å². The van der Waals surface area contributed by atoms with Gasteiger partial charge in [-0.3, -0.25) is 0 Å². The predicted molar refractivity (Wildman–Crippen MR) is 111 cm³/mol. The number of alkyl halides is 3. The molecule has 8 nitrogen and oxygen atoms in total. The Hall–Kier alpha value is -3.18. The molecule has 172 valence electrons. The standard InChI is InChI=1S/C21H24F3N5O3/c1-13-9-29(12-25-13)16-6-5-14(7-17(16)31-4)26-19-27-15(10-32-11-21(22,23)24)8-18(28-19)20(2,3)30/h5-9,12,30H,10-11H2,1-4H3,(H,26,27,28). The summed E-state index contributed by atoms with van der Waals surface area (Å²) >= 11 is 0. The fraction of sp³-hybridized carbons (Fsp3) is 0.381. The first-order valence-corrected chi connectivity index (χ1v) is 9.66. The summed E-state index contributed by atoms with van der Waals surface area (Å²) < 4.78 is 49.2. The van der Waals surface area contributed by atoms with Crippen molar-refractivity contribution in [1.82, 2.24) is 19.5 Å². The van der Waals surface area contributed by atoms with Crippen molar-refractivity contribution in [1.29, 1.82) is 0 Å². The van der Waals surface area contributed by atoms with E-state index in [4.69, 9.17) is 9.47 Å². The molecule has 2 heterocycles. The molecule has 0 aliphatic carbocycles. The molecule has 0 saturated heterocycles. The van der Waals surface area contributed by atoms with Gasteiger partial charge in [0.05, 0.1) is 42.8 Å². The molecular weight excluding hydrogens is 427 g/mol. The van der Waals surface area contributed by atoms with E-state index >= 15 is 0 Å². The highest BCUT2D eigenvalue weighted by atomic mass is 19.4. The Balaban J connectivity index is 1.87. The fourth-order valence-corrected chi connectivity index (χ4v) is 2.86. The summed E-state index contributed by atoms with van der Waals surface area (Å²) in [7, 11) is 1.54. The highest BCUT2D eigenvalue weighted by Gasteiger charge is 2.28. The molecule has 0 saturated carbocycles. The van der Waals surface area contributed by atoms with E-state index in [2.05, 4.69) is 20.3 Å². The Labute approximate surface area is 183 Å². The molecule has 0 fully saturated rings. The van der Waals surface area contributed by atoms with Gasteiger partial charge in [-0.2, -0.15) is 13.2 Å². The van der Waals surface area contributed by atoms with E-state index < -0.39 is 18.4 Å². The molecule has 2 aromatic heterocycles. The van der Waals surface area contributed by atoms with Crippen molar-refractivity contribution in [2.45, 2.75) is 39.2 Å². The molecule has 3 rings (SSSR count). The average Bonchev–Trinajstić information content (AvgIpc) is 3.12. The Morgan fingerprint density at radius 3 is 2.50 bits per heavy atom. The zero-order valence-electron chi connectivity index (χ0n) is 18.1. The second-order valence-electron chi connectivity index (χ2n) is 7.67. The van der Waals surface area contributed by atoms with Gasteiger partial charge in [-0.15, -0.1) is 0 Å². The van der Waals surface area contributed by atoms with Gasteiger partial charge in [0.2, 0.25) is 5.95 Å². The number of aryl methyl sites for hydroxylation is 1. The number of nitrogens with zero attached hydrogens (tertiary/aromatic N) is 4. The number of imidazole rings is 1. The maximum absolute atomic E-state index is 12.4. The fourth-order valence-electron chi connectivity index (χ4n) is 2.86. The van der Waals surface area contributed by atoms with Gasteiger partial charge in [0, 0.05) is 18.0 Å². The molecule has 0 amide bonds. The second kappa shape index (κ2) is 9.13. The first kappa shape index (κ1) is 23.5. The zero-order chi connectivity index (χ0) is 23.5. The van der Waals surface area contributed by atoms with Crippen LogP contribution in [-0.4, -0.2) is 44.5 Å². The highest BCUT2D eigenvalue weighted by molar-refractivity contribution is 5.62. The van der Waals surface area contributed by atoms with Crippen molar-refractivity contribution < 1.29 is 27.8 Å². The van der Waals surface area contributed by atoms with Gasteiger partial charge in [0.25, 0.3) is 0 Å². The average molecular weight is 451 g/mol. The number of ether oxygens (including phenoxy) is 2. The van der Waals surface area contributed by atoms with Crippen LogP contribution >= 0.6 is 0 Å². The minimum Gasteiger partial charge on any atom is -0.494 e. The van der Waals surface area contributed by atoms with Gasteiger partial charge in [-0.05, 0) is 39.0 Å². The van der Waals surface area contributed by atoms with E-state index in [9.17, 15) is 18.3 Å². The summed E-state index contributed by atoms with van der Waals surface area (Å²) in [6.45, 7) is 3.13. The van der Waals surface area contributed by atoms with Crippen LogP contribution < -0.4 is 10.1 Å². The van der Waals surface area contributed by atoms with Crippen molar-refractivity contribution in [3.8, 4) is 11.4 Å². The van der Waals surface area contributed by atoms with Gasteiger partial charge in [-0.1, -0.05) is 0 Å². The van der Waals surface area contributed by atoms with Crippen LogP contribution in [0.3, 0.4) is 0 Å². The molecule has 0 aliphatic rings. The summed E-state index contributed by atoms with van der Waals surface area (Å²) in [5.74, 6) is 0.656. The molecule has 0 unspecified atom stereocenters. The molecule has 11 heteroatoms. The van der Waals surface area contributed by atoms with Crippen LogP contribution in [0, 0.1) is 6.92 Å². The van der Waals surface area contributed by atoms with Crippen molar-refractivity contribution in [3.05, 3.63) is 53.9 Å². The quantitative estimate of drug-likeness (QED) is 0.534. The molecule has 0 spiro atoms. The number of nitrogens with one attached hydrogen (secondary N) is 1. The summed E-state index contributed by atoms with van der Waals surface area (Å²) in [5, 5.41) is 13.3. The molecule has 2 N–H and O–H groups in total. The largest absolute Gasteiger partial charge is 0.494 e. The van der Waals surface area contributed by atoms with Gasteiger partial charge in [-0.25, -0.2) is 15.0 Å². The summed E-state index contributed by atoms with van der Waals surface area (Å²) in [6.07, 6.45) is -0.920. The number of aromatic nitrogens is 4. The normalized spacial score (nSPS) is 12.1.